The fourth-order valence-electron chi connectivity index (χ4n) is 2.21. The lowest BCUT2D eigenvalue weighted by molar-refractivity contribution is -0.148. The minimum absolute atomic E-state index is 0.0500. The van der Waals surface area contributed by atoms with Crippen molar-refractivity contribution < 1.29 is 23.9 Å². The predicted molar refractivity (Wildman–Crippen MR) is 79.9 cm³/mol. The summed E-state index contributed by atoms with van der Waals surface area (Å²) < 4.78 is 9.32. The Morgan fingerprint density at radius 3 is 2.33 bits per heavy atom. The molecule has 1 amide bonds. The highest BCUT2D eigenvalue weighted by Gasteiger charge is 2.27. The van der Waals surface area contributed by atoms with Crippen LogP contribution >= 0.6 is 11.8 Å². The number of hydrogen-bond acceptors (Lipinski definition) is 6. The summed E-state index contributed by atoms with van der Waals surface area (Å²) in [6.07, 6.45) is 1.61. The maximum atomic E-state index is 12.1. The van der Waals surface area contributed by atoms with E-state index in [2.05, 4.69) is 4.74 Å². The van der Waals surface area contributed by atoms with Crippen molar-refractivity contribution in [3.8, 4) is 0 Å². The normalized spacial score (nSPS) is 17.2. The van der Waals surface area contributed by atoms with Gasteiger partial charge in [0, 0.05) is 18.3 Å². The molecule has 0 radical (unpaired) electrons. The second-order valence-electron chi connectivity index (χ2n) is 5.08. The molecule has 7 heteroatoms. The summed E-state index contributed by atoms with van der Waals surface area (Å²) in [4.78, 5) is 36.4. The number of likely N-dealkylation sites (tertiary alicyclic amines) is 1. The van der Waals surface area contributed by atoms with Gasteiger partial charge in [0.05, 0.1) is 32.3 Å². The molecular formula is C14H23NO5S. The van der Waals surface area contributed by atoms with E-state index in [1.807, 2.05) is 6.92 Å². The Labute approximate surface area is 129 Å². The van der Waals surface area contributed by atoms with Crippen LogP contribution in [-0.4, -0.2) is 61.1 Å². The van der Waals surface area contributed by atoms with Gasteiger partial charge in [-0.2, -0.15) is 0 Å². The maximum Gasteiger partial charge on any atom is 0.308 e. The number of amides is 1. The van der Waals surface area contributed by atoms with Gasteiger partial charge in [0.25, 0.3) is 0 Å². The number of piperidine rings is 1. The molecule has 0 N–H and O–H groups in total. The van der Waals surface area contributed by atoms with Crippen LogP contribution < -0.4 is 0 Å². The summed E-state index contributed by atoms with van der Waals surface area (Å²) >= 11 is 1.45. The average molecular weight is 317 g/mol. The quantitative estimate of drug-likeness (QED) is 0.683. The van der Waals surface area contributed by atoms with Crippen LogP contribution in [0.1, 0.15) is 26.2 Å². The van der Waals surface area contributed by atoms with E-state index in [0.29, 0.717) is 38.1 Å². The van der Waals surface area contributed by atoms with E-state index in [1.54, 1.807) is 4.90 Å². The van der Waals surface area contributed by atoms with Crippen molar-refractivity contribution in [1.82, 2.24) is 4.90 Å². The molecule has 1 aliphatic heterocycles. The second-order valence-corrected chi connectivity index (χ2v) is 6.51. The minimum atomic E-state index is -0.263. The van der Waals surface area contributed by atoms with Crippen molar-refractivity contribution in [3.05, 3.63) is 0 Å². The first kappa shape index (κ1) is 17.8. The highest BCUT2D eigenvalue weighted by atomic mass is 32.2. The van der Waals surface area contributed by atoms with E-state index < -0.39 is 0 Å². The molecule has 1 unspecified atom stereocenters. The number of carbonyl (C=O) groups is 3. The summed E-state index contributed by atoms with van der Waals surface area (Å²) in [5.41, 5.74) is 0. The van der Waals surface area contributed by atoms with Gasteiger partial charge in [0.15, 0.2) is 0 Å². The van der Waals surface area contributed by atoms with Crippen LogP contribution in [0.25, 0.3) is 0 Å². The molecule has 6 nitrogen and oxygen atoms in total. The first-order valence-electron chi connectivity index (χ1n) is 7.02. The Hall–Kier alpha value is -1.24. The molecule has 1 heterocycles. The first-order valence-corrected chi connectivity index (χ1v) is 8.06. The molecule has 21 heavy (non-hydrogen) atoms. The first-order chi connectivity index (χ1) is 9.97. The zero-order chi connectivity index (χ0) is 15.8. The van der Waals surface area contributed by atoms with Gasteiger partial charge in [0.1, 0.15) is 0 Å². The Balaban J connectivity index is 2.28. The van der Waals surface area contributed by atoms with Crippen LogP contribution in [0.2, 0.25) is 0 Å². The van der Waals surface area contributed by atoms with Crippen LogP contribution in [-0.2, 0) is 23.9 Å². The lowest BCUT2D eigenvalue weighted by Gasteiger charge is -2.30. The third-order valence-corrected chi connectivity index (χ3v) is 4.70. The van der Waals surface area contributed by atoms with Gasteiger partial charge in [-0.15, -0.1) is 11.8 Å². The number of thioether (sulfide) groups is 1. The molecule has 0 aromatic carbocycles. The second kappa shape index (κ2) is 8.92. The summed E-state index contributed by atoms with van der Waals surface area (Å²) in [5.74, 6) is -0.143. The van der Waals surface area contributed by atoms with Gasteiger partial charge in [0.2, 0.25) is 5.91 Å². The zero-order valence-electron chi connectivity index (χ0n) is 12.8. The van der Waals surface area contributed by atoms with Crippen molar-refractivity contribution in [2.75, 3.05) is 33.1 Å². The highest BCUT2D eigenvalue weighted by Crippen LogP contribution is 2.21. The number of carbonyl (C=O) groups excluding carboxylic acids is 3. The smallest absolute Gasteiger partial charge is 0.308 e. The van der Waals surface area contributed by atoms with Crippen molar-refractivity contribution in [2.45, 2.75) is 31.4 Å². The van der Waals surface area contributed by atoms with Crippen molar-refractivity contribution in [3.63, 3.8) is 0 Å². The third-order valence-electron chi connectivity index (χ3n) is 3.56. The van der Waals surface area contributed by atoms with Gasteiger partial charge < -0.3 is 14.4 Å². The standard InChI is InChI=1S/C14H23NO5S/c1-10(8-13(17)19-2)21-9-12(16)15-6-4-11(5-7-15)14(18)20-3/h10-11H,4-9H2,1-3H3. The van der Waals surface area contributed by atoms with Gasteiger partial charge >= 0.3 is 11.9 Å². The number of methoxy groups -OCH3 is 2. The average Bonchev–Trinajstić information content (AvgIpc) is 2.51. The number of ether oxygens (including phenoxy) is 2. The van der Waals surface area contributed by atoms with E-state index >= 15 is 0 Å². The summed E-state index contributed by atoms with van der Waals surface area (Å²) in [7, 11) is 2.75. The Kier molecular flexibility index (Phi) is 7.56. The van der Waals surface area contributed by atoms with Crippen molar-refractivity contribution >= 4 is 29.6 Å². The fraction of sp³-hybridized carbons (Fsp3) is 0.786. The minimum Gasteiger partial charge on any atom is -0.469 e. The van der Waals surface area contributed by atoms with Crippen LogP contribution in [0, 0.1) is 5.92 Å². The van der Waals surface area contributed by atoms with Crippen LogP contribution in [0.15, 0.2) is 0 Å². The van der Waals surface area contributed by atoms with Crippen molar-refractivity contribution in [2.24, 2.45) is 5.92 Å². The number of esters is 2. The summed E-state index contributed by atoms with van der Waals surface area (Å²) in [6.45, 7) is 3.08. The largest absolute Gasteiger partial charge is 0.469 e. The molecule has 1 atom stereocenters. The van der Waals surface area contributed by atoms with E-state index in [9.17, 15) is 14.4 Å². The molecule has 0 spiro atoms. The molecule has 1 saturated heterocycles. The zero-order valence-corrected chi connectivity index (χ0v) is 13.6. The molecule has 0 saturated carbocycles. The number of hydrogen-bond donors (Lipinski definition) is 0. The summed E-state index contributed by atoms with van der Waals surface area (Å²) in [5, 5.41) is 0.0500. The fourth-order valence-corrected chi connectivity index (χ4v) is 3.08. The van der Waals surface area contributed by atoms with E-state index in [4.69, 9.17) is 4.74 Å². The lowest BCUT2D eigenvalue weighted by atomic mass is 9.97. The third kappa shape index (κ3) is 5.95. The van der Waals surface area contributed by atoms with Crippen LogP contribution in [0.5, 0.6) is 0 Å². The van der Waals surface area contributed by atoms with E-state index in [-0.39, 0.29) is 29.0 Å². The molecule has 0 aromatic heterocycles. The van der Waals surface area contributed by atoms with E-state index in [0.717, 1.165) is 0 Å². The SMILES string of the molecule is COC(=O)CC(C)SCC(=O)N1CCC(C(=O)OC)CC1. The number of nitrogens with zero attached hydrogens (tertiary/aromatic N) is 1. The molecule has 1 aliphatic rings. The Bertz CT molecular complexity index is 380. The molecule has 0 bridgehead atoms. The van der Waals surface area contributed by atoms with Gasteiger partial charge in [-0.3, -0.25) is 14.4 Å². The monoisotopic (exact) mass is 317 g/mol. The maximum absolute atomic E-state index is 12.1. The van der Waals surface area contributed by atoms with Gasteiger partial charge in [-0.1, -0.05) is 6.92 Å². The molecule has 1 rings (SSSR count). The topological polar surface area (TPSA) is 72.9 Å². The van der Waals surface area contributed by atoms with Crippen LogP contribution in [0.3, 0.4) is 0 Å². The number of rotatable bonds is 6. The molecule has 0 aromatic rings. The highest BCUT2D eigenvalue weighted by molar-refractivity contribution is 8.00. The lowest BCUT2D eigenvalue weighted by Crippen LogP contribution is -2.41. The molecule has 1 fully saturated rings. The van der Waals surface area contributed by atoms with Gasteiger partial charge in [-0.25, -0.2) is 0 Å². The predicted octanol–water partition coefficient (Wildman–Crippen LogP) is 1.08. The van der Waals surface area contributed by atoms with E-state index in [1.165, 1.54) is 26.0 Å². The molecular weight excluding hydrogens is 294 g/mol. The Morgan fingerprint density at radius 2 is 1.81 bits per heavy atom. The Morgan fingerprint density at radius 1 is 1.19 bits per heavy atom. The van der Waals surface area contributed by atoms with Crippen LogP contribution in [0.4, 0.5) is 0 Å². The van der Waals surface area contributed by atoms with Crippen molar-refractivity contribution in [1.29, 1.82) is 0 Å². The van der Waals surface area contributed by atoms with Gasteiger partial charge in [-0.05, 0) is 12.8 Å². The summed E-state index contributed by atoms with van der Waals surface area (Å²) in [6, 6.07) is 0. The molecule has 120 valence electrons. The molecule has 0 aliphatic carbocycles.